The van der Waals surface area contributed by atoms with Crippen molar-refractivity contribution in [3.05, 3.63) is 150 Å². The van der Waals surface area contributed by atoms with Gasteiger partial charge in [-0.15, -0.1) is 0 Å². The lowest BCUT2D eigenvalue weighted by molar-refractivity contribution is -0.344. The molecule has 0 saturated carbocycles. The van der Waals surface area contributed by atoms with E-state index in [2.05, 4.69) is 4.74 Å². The van der Waals surface area contributed by atoms with Gasteiger partial charge in [-0.3, -0.25) is 4.79 Å². The summed E-state index contributed by atoms with van der Waals surface area (Å²) in [6, 6.07) is 30.4. The van der Waals surface area contributed by atoms with E-state index in [1.54, 1.807) is 91.0 Å². The first kappa shape index (κ1) is 37.6. The zero-order chi connectivity index (χ0) is 36.7. The molecule has 260 valence electrons. The molecule has 13 heteroatoms. The second kappa shape index (κ2) is 15.1. The summed E-state index contributed by atoms with van der Waals surface area (Å²) in [6.45, 7) is -3.71. The van der Waals surface area contributed by atoms with Gasteiger partial charge in [-0.05, 0) is 35.0 Å². The summed E-state index contributed by atoms with van der Waals surface area (Å²) < 4.78 is 112. The molecule has 5 nitrogen and oxygen atoms in total. The predicted octanol–water partition coefficient (Wildman–Crippen LogP) is 7.07. The Morgan fingerprint density at radius 1 is 0.560 bits per heavy atom. The fraction of sp³-hybridized carbons (Fsp3) is 0.135. The van der Waals surface area contributed by atoms with Gasteiger partial charge in [0.2, 0.25) is 0 Å². The van der Waals surface area contributed by atoms with Crippen LogP contribution in [0.15, 0.2) is 145 Å². The smallest absolute Gasteiger partial charge is 0.460 e. The Balaban J connectivity index is 2.33. The zero-order valence-corrected chi connectivity index (χ0v) is 27.2. The van der Waals surface area contributed by atoms with Gasteiger partial charge in [0, 0.05) is 11.1 Å². The number of benzene rings is 4. The number of hydrogen-bond donors (Lipinski definition) is 0. The second-order valence-corrected chi connectivity index (χ2v) is 13.9. The summed E-state index contributed by atoms with van der Waals surface area (Å²) in [5.41, 5.74) is -4.33. The Kier molecular flexibility index (Phi) is 11.4. The van der Waals surface area contributed by atoms with Crippen molar-refractivity contribution in [2.24, 2.45) is 0 Å². The van der Waals surface area contributed by atoms with Crippen molar-refractivity contribution in [3.8, 4) is 0 Å². The first-order valence-corrected chi connectivity index (χ1v) is 16.4. The number of alkyl halides is 7. The maximum absolute atomic E-state index is 15.9. The number of carbonyl (C=O) groups is 3. The summed E-state index contributed by atoms with van der Waals surface area (Å²) in [6.07, 6.45) is -6.57. The second-order valence-electron chi connectivity index (χ2n) is 10.5. The van der Waals surface area contributed by atoms with Crippen molar-refractivity contribution in [2.45, 2.75) is 18.0 Å². The molecule has 0 atom stereocenters. The Morgan fingerprint density at radius 3 is 1.30 bits per heavy atom. The van der Waals surface area contributed by atoms with Gasteiger partial charge in [0.15, 0.2) is 5.78 Å². The van der Waals surface area contributed by atoms with Crippen LogP contribution in [-0.4, -0.2) is 55.3 Å². The molecule has 0 radical (unpaired) electrons. The van der Waals surface area contributed by atoms with Crippen LogP contribution in [0.5, 0.6) is 0 Å². The van der Waals surface area contributed by atoms with Crippen LogP contribution < -0.4 is 15.9 Å². The Hall–Kier alpha value is -5.22. The monoisotopic (exact) mass is 716 g/mol. The highest BCUT2D eigenvalue weighted by Crippen LogP contribution is 2.52. The Bertz CT molecular complexity index is 1850. The first-order chi connectivity index (χ1) is 23.6. The van der Waals surface area contributed by atoms with E-state index >= 15 is 8.78 Å². The summed E-state index contributed by atoms with van der Waals surface area (Å²) in [5.74, 6) is -17.6. The number of esters is 2. The lowest BCUT2D eigenvalue weighted by atomic mass is 9.91. The standard InChI is InChI=1S/C37H28F7O5P/c1-48-33(46)29(30(24-31(45)25-15-7-3-8-16-25)35(38,39)36(40,41)37(42,43)44)23-32(34(47)49-2)50(26-17-9-4-10-18-26,27-19-11-5-12-20-27)28-21-13-6-14-22-28/h3-24H,1-2H3/b29-23-,30-24-. The van der Waals surface area contributed by atoms with Crippen molar-refractivity contribution >= 4 is 45.8 Å². The summed E-state index contributed by atoms with van der Waals surface area (Å²) >= 11 is 0. The maximum Gasteiger partial charge on any atom is 0.460 e. The van der Waals surface area contributed by atoms with Crippen molar-refractivity contribution in [2.75, 3.05) is 14.2 Å². The molecule has 0 spiro atoms. The largest absolute Gasteiger partial charge is 0.465 e. The molecule has 0 unspecified atom stereocenters. The van der Waals surface area contributed by atoms with E-state index in [0.717, 1.165) is 19.2 Å². The van der Waals surface area contributed by atoms with Crippen LogP contribution in [0.2, 0.25) is 0 Å². The maximum atomic E-state index is 15.9. The van der Waals surface area contributed by atoms with Crippen LogP contribution >= 0.6 is 6.89 Å². The molecule has 0 bridgehead atoms. The third-order valence-corrected chi connectivity index (χ3v) is 11.8. The van der Waals surface area contributed by atoms with Gasteiger partial charge in [0.05, 0.1) is 25.1 Å². The lowest BCUT2D eigenvalue weighted by Gasteiger charge is -2.32. The van der Waals surface area contributed by atoms with E-state index in [9.17, 15) is 36.3 Å². The van der Waals surface area contributed by atoms with Gasteiger partial charge in [0.1, 0.15) is 0 Å². The van der Waals surface area contributed by atoms with Crippen molar-refractivity contribution in [1.82, 2.24) is 0 Å². The zero-order valence-electron chi connectivity index (χ0n) is 26.3. The molecule has 4 aromatic carbocycles. The van der Waals surface area contributed by atoms with Gasteiger partial charge < -0.3 is 9.47 Å². The van der Waals surface area contributed by atoms with E-state index < -0.39 is 59.1 Å². The number of carbonyl (C=O) groups excluding carboxylic acids is 3. The van der Waals surface area contributed by atoms with Crippen molar-refractivity contribution < 1.29 is 54.6 Å². The highest BCUT2D eigenvalue weighted by Gasteiger charge is 2.74. The highest BCUT2D eigenvalue weighted by molar-refractivity contribution is 7.96. The van der Waals surface area contributed by atoms with Crippen LogP contribution in [0.4, 0.5) is 30.7 Å². The molecule has 0 aliphatic heterocycles. The van der Waals surface area contributed by atoms with Gasteiger partial charge in [-0.25, -0.2) is 9.59 Å². The number of methoxy groups -OCH3 is 2. The molecule has 4 rings (SSSR count). The molecular weight excluding hydrogens is 688 g/mol. The molecular formula is C37H28F7O5P. The number of halogens is 7. The third kappa shape index (κ3) is 7.07. The topological polar surface area (TPSA) is 69.7 Å². The number of allylic oxidation sites excluding steroid dienone is 1. The lowest BCUT2D eigenvalue weighted by Crippen LogP contribution is -2.53. The average Bonchev–Trinajstić information content (AvgIpc) is 3.12. The minimum atomic E-state index is -6.85. The van der Waals surface area contributed by atoms with E-state index in [0.29, 0.717) is 29.1 Å². The normalized spacial score (nSPS) is 13.0. The molecule has 0 aliphatic carbocycles. The van der Waals surface area contributed by atoms with E-state index in [4.69, 9.17) is 4.74 Å². The van der Waals surface area contributed by atoms with Crippen molar-refractivity contribution in [3.63, 3.8) is 0 Å². The molecule has 0 aromatic heterocycles. The molecule has 4 aromatic rings. The van der Waals surface area contributed by atoms with Crippen LogP contribution in [0, 0.1) is 0 Å². The number of ketones is 1. The van der Waals surface area contributed by atoms with E-state index in [1.807, 2.05) is 0 Å². The molecule has 0 N–H and O–H groups in total. The number of hydrogen-bond acceptors (Lipinski definition) is 5. The predicted molar refractivity (Wildman–Crippen MR) is 177 cm³/mol. The van der Waals surface area contributed by atoms with E-state index in [-0.39, 0.29) is 11.6 Å². The van der Waals surface area contributed by atoms with Crippen LogP contribution in [0.3, 0.4) is 0 Å². The Labute approximate surface area is 282 Å². The fourth-order valence-corrected chi connectivity index (χ4v) is 9.49. The van der Waals surface area contributed by atoms with Crippen LogP contribution in [0.25, 0.3) is 0 Å². The minimum Gasteiger partial charge on any atom is -0.465 e. The van der Waals surface area contributed by atoms with Gasteiger partial charge in [-0.2, -0.15) is 30.7 Å². The van der Waals surface area contributed by atoms with Gasteiger partial charge in [0.25, 0.3) is 0 Å². The average molecular weight is 717 g/mol. The van der Waals surface area contributed by atoms with Crippen LogP contribution in [0.1, 0.15) is 10.4 Å². The fourth-order valence-electron chi connectivity index (χ4n) is 5.21. The quantitative estimate of drug-likeness (QED) is 0.0415. The van der Waals surface area contributed by atoms with E-state index in [1.165, 1.54) is 18.2 Å². The summed E-state index contributed by atoms with van der Waals surface area (Å²) in [5, 5.41) is 0.595. The molecule has 0 fully saturated rings. The van der Waals surface area contributed by atoms with Gasteiger partial charge in [-0.1, -0.05) is 121 Å². The number of rotatable bonds is 11. The highest BCUT2D eigenvalue weighted by atomic mass is 31.2. The van der Waals surface area contributed by atoms with Gasteiger partial charge >= 0.3 is 30.0 Å². The summed E-state index contributed by atoms with van der Waals surface area (Å²) in [4.78, 5) is 40.6. The molecule has 0 aliphatic rings. The number of ether oxygens (including phenoxy) is 2. The molecule has 0 amide bonds. The van der Waals surface area contributed by atoms with Crippen molar-refractivity contribution in [1.29, 1.82) is 0 Å². The van der Waals surface area contributed by atoms with Crippen LogP contribution in [-0.2, 0) is 19.1 Å². The first-order valence-electron chi connectivity index (χ1n) is 14.6. The third-order valence-electron chi connectivity index (χ3n) is 7.59. The SMILES string of the molecule is COC(=O)C(/C=C(C(=O)OC)/C(=C/C(=O)c1ccccc1)C(F)(F)C(F)(F)C(F)(F)F)=P(c1ccccc1)(c1ccccc1)c1ccccc1. The summed E-state index contributed by atoms with van der Waals surface area (Å²) in [7, 11) is 1.60. The molecule has 0 saturated heterocycles. The molecule has 0 heterocycles. The molecule has 50 heavy (non-hydrogen) atoms. The Morgan fingerprint density at radius 2 is 0.940 bits per heavy atom. The minimum absolute atomic E-state index is 0.180.